The average molecular weight is 214 g/mol. The van der Waals surface area contributed by atoms with Gasteiger partial charge in [-0.3, -0.25) is 0 Å². The molecule has 0 amide bonds. The molecule has 0 radical (unpaired) electrons. The maximum absolute atomic E-state index is 2.44. The summed E-state index contributed by atoms with van der Waals surface area (Å²) >= 11 is 0. The van der Waals surface area contributed by atoms with Gasteiger partial charge >= 0.3 is 0 Å². The Morgan fingerprint density at radius 1 is 0.933 bits per heavy atom. The smallest absolute Gasteiger partial charge is 0.0388 e. The minimum atomic E-state index is 1.02. The van der Waals surface area contributed by atoms with Gasteiger partial charge in [-0.15, -0.1) is 0 Å². The Kier molecular flexibility index (Phi) is 16.2. The highest BCUT2D eigenvalue weighted by Crippen LogP contribution is 2.32. The number of hydrogen-bond donors (Lipinski definition) is 0. The average Bonchev–Trinajstić information content (AvgIpc) is 2.33. The topological polar surface area (TPSA) is 0 Å². The molecule has 0 nitrogen and oxygen atoms in total. The van der Waals surface area contributed by atoms with Crippen LogP contribution in [0.4, 0.5) is 0 Å². The van der Waals surface area contributed by atoms with Crippen LogP contribution in [0.2, 0.25) is 0 Å². The van der Waals surface area contributed by atoms with Crippen molar-refractivity contribution in [3.05, 3.63) is 0 Å². The zero-order valence-electron chi connectivity index (χ0n) is 12.1. The fourth-order valence-corrected chi connectivity index (χ4v) is 2.29. The SMILES string of the molecule is CC.CC.CCCCC1CCCCC1C. The van der Waals surface area contributed by atoms with Crippen LogP contribution in [0.5, 0.6) is 0 Å². The van der Waals surface area contributed by atoms with Crippen molar-refractivity contribution in [1.82, 2.24) is 0 Å². The Morgan fingerprint density at radius 3 is 1.93 bits per heavy atom. The summed E-state index contributed by atoms with van der Waals surface area (Å²) < 4.78 is 0. The second-order valence-corrected chi connectivity index (χ2v) is 4.16. The third kappa shape index (κ3) is 8.96. The molecule has 1 saturated carbocycles. The van der Waals surface area contributed by atoms with Gasteiger partial charge in [0, 0.05) is 0 Å². The summed E-state index contributed by atoms with van der Waals surface area (Å²) in [6, 6.07) is 0. The molecule has 0 aliphatic heterocycles. The van der Waals surface area contributed by atoms with E-state index in [2.05, 4.69) is 13.8 Å². The molecule has 0 aromatic carbocycles. The van der Waals surface area contributed by atoms with Crippen LogP contribution in [0.1, 0.15) is 86.5 Å². The van der Waals surface area contributed by atoms with Crippen LogP contribution in [0.3, 0.4) is 0 Å². The monoisotopic (exact) mass is 214 g/mol. The molecule has 1 rings (SSSR count). The van der Waals surface area contributed by atoms with E-state index in [9.17, 15) is 0 Å². The molecule has 1 fully saturated rings. The molecule has 0 aromatic heterocycles. The van der Waals surface area contributed by atoms with Gasteiger partial charge in [-0.1, -0.05) is 86.5 Å². The van der Waals surface area contributed by atoms with Gasteiger partial charge in [0.25, 0.3) is 0 Å². The number of unbranched alkanes of at least 4 members (excludes halogenated alkanes) is 1. The van der Waals surface area contributed by atoms with Gasteiger partial charge in [0.1, 0.15) is 0 Å². The fourth-order valence-electron chi connectivity index (χ4n) is 2.29. The maximum Gasteiger partial charge on any atom is -0.0388 e. The molecule has 0 heterocycles. The van der Waals surface area contributed by atoms with Crippen LogP contribution in [-0.2, 0) is 0 Å². The van der Waals surface area contributed by atoms with E-state index in [4.69, 9.17) is 0 Å². The Bertz CT molecular complexity index is 96.2. The first kappa shape index (κ1) is 17.4. The van der Waals surface area contributed by atoms with E-state index < -0.39 is 0 Å². The molecule has 2 unspecified atom stereocenters. The van der Waals surface area contributed by atoms with E-state index in [0.29, 0.717) is 0 Å². The molecule has 2 atom stereocenters. The van der Waals surface area contributed by atoms with Crippen molar-refractivity contribution >= 4 is 0 Å². The lowest BCUT2D eigenvalue weighted by Gasteiger charge is -2.28. The molecule has 0 bridgehead atoms. The molecular formula is C15H34. The van der Waals surface area contributed by atoms with E-state index in [0.717, 1.165) is 11.8 Å². The lowest BCUT2D eigenvalue weighted by Crippen LogP contribution is -2.16. The fraction of sp³-hybridized carbons (Fsp3) is 1.00. The van der Waals surface area contributed by atoms with Crippen molar-refractivity contribution < 1.29 is 0 Å². The maximum atomic E-state index is 2.44. The zero-order valence-corrected chi connectivity index (χ0v) is 12.1. The molecule has 0 saturated heterocycles. The lowest BCUT2D eigenvalue weighted by molar-refractivity contribution is 0.237. The van der Waals surface area contributed by atoms with Crippen LogP contribution in [0.15, 0.2) is 0 Å². The second-order valence-electron chi connectivity index (χ2n) is 4.16. The quantitative estimate of drug-likeness (QED) is 0.536. The molecule has 1 aliphatic carbocycles. The summed E-state index contributed by atoms with van der Waals surface area (Å²) in [5, 5.41) is 0. The molecule has 0 spiro atoms. The molecule has 0 heteroatoms. The van der Waals surface area contributed by atoms with Gasteiger partial charge in [-0.2, -0.15) is 0 Å². The first-order chi connectivity index (χ1) is 7.34. The standard InChI is InChI=1S/C11H22.2C2H6/c1-3-4-8-11-9-6-5-7-10(11)2;2*1-2/h10-11H,3-9H2,1-2H3;2*1-2H3. The van der Waals surface area contributed by atoms with Crippen molar-refractivity contribution in [2.45, 2.75) is 86.5 Å². The molecule has 1 aliphatic rings. The molecular weight excluding hydrogens is 180 g/mol. The molecule has 0 N–H and O–H groups in total. The summed E-state index contributed by atoms with van der Waals surface area (Å²) in [6.07, 6.45) is 10.3. The van der Waals surface area contributed by atoms with E-state index in [-0.39, 0.29) is 0 Å². The minimum Gasteiger partial charge on any atom is -0.0683 e. The van der Waals surface area contributed by atoms with Gasteiger partial charge in [0.05, 0.1) is 0 Å². The zero-order chi connectivity index (χ0) is 12.1. The molecule has 94 valence electrons. The Labute approximate surface area is 98.9 Å². The van der Waals surface area contributed by atoms with Gasteiger partial charge in [-0.05, 0) is 11.8 Å². The first-order valence-electron chi connectivity index (χ1n) is 7.34. The summed E-state index contributed by atoms with van der Waals surface area (Å²) in [6.45, 7) is 12.7. The van der Waals surface area contributed by atoms with Crippen molar-refractivity contribution in [2.75, 3.05) is 0 Å². The van der Waals surface area contributed by atoms with Crippen molar-refractivity contribution in [3.63, 3.8) is 0 Å². The Morgan fingerprint density at radius 2 is 1.47 bits per heavy atom. The summed E-state index contributed by atoms with van der Waals surface area (Å²) in [5.74, 6) is 2.10. The number of hydrogen-bond acceptors (Lipinski definition) is 0. The van der Waals surface area contributed by atoms with E-state index >= 15 is 0 Å². The van der Waals surface area contributed by atoms with Gasteiger partial charge in [-0.25, -0.2) is 0 Å². The highest BCUT2D eigenvalue weighted by atomic mass is 14.3. The van der Waals surface area contributed by atoms with Crippen LogP contribution in [0, 0.1) is 11.8 Å². The number of rotatable bonds is 3. The van der Waals surface area contributed by atoms with Crippen molar-refractivity contribution in [1.29, 1.82) is 0 Å². The van der Waals surface area contributed by atoms with E-state index in [1.165, 1.54) is 44.9 Å². The highest BCUT2D eigenvalue weighted by molar-refractivity contribution is 4.71. The predicted octanol–water partition coefficient (Wildman–Crippen LogP) is 6.06. The van der Waals surface area contributed by atoms with Crippen molar-refractivity contribution in [3.8, 4) is 0 Å². The van der Waals surface area contributed by atoms with Gasteiger partial charge < -0.3 is 0 Å². The predicted molar refractivity (Wildman–Crippen MR) is 73.3 cm³/mol. The highest BCUT2D eigenvalue weighted by Gasteiger charge is 2.19. The van der Waals surface area contributed by atoms with Gasteiger partial charge in [0.2, 0.25) is 0 Å². The first-order valence-corrected chi connectivity index (χ1v) is 7.34. The van der Waals surface area contributed by atoms with Crippen molar-refractivity contribution in [2.24, 2.45) is 11.8 Å². The third-order valence-electron chi connectivity index (χ3n) is 3.22. The Balaban J connectivity index is 0. The Hall–Kier alpha value is 0. The van der Waals surface area contributed by atoms with Crippen LogP contribution in [-0.4, -0.2) is 0 Å². The van der Waals surface area contributed by atoms with Crippen LogP contribution in [0.25, 0.3) is 0 Å². The lowest BCUT2D eigenvalue weighted by atomic mass is 9.78. The molecule has 15 heavy (non-hydrogen) atoms. The summed E-state index contributed by atoms with van der Waals surface area (Å²) in [5.41, 5.74) is 0. The van der Waals surface area contributed by atoms with Crippen LogP contribution < -0.4 is 0 Å². The summed E-state index contributed by atoms with van der Waals surface area (Å²) in [4.78, 5) is 0. The molecule has 0 aromatic rings. The normalized spacial score (nSPS) is 24.4. The van der Waals surface area contributed by atoms with Crippen LogP contribution >= 0.6 is 0 Å². The largest absolute Gasteiger partial charge is 0.0683 e. The van der Waals surface area contributed by atoms with E-state index in [1.807, 2.05) is 27.7 Å². The minimum absolute atomic E-state index is 1.02. The van der Waals surface area contributed by atoms with Gasteiger partial charge in [0.15, 0.2) is 0 Å². The third-order valence-corrected chi connectivity index (χ3v) is 3.22. The second kappa shape index (κ2) is 14.0. The summed E-state index contributed by atoms with van der Waals surface area (Å²) in [7, 11) is 0. The van der Waals surface area contributed by atoms with E-state index in [1.54, 1.807) is 0 Å².